The second-order valence-corrected chi connectivity index (χ2v) is 11.5. The van der Waals surface area contributed by atoms with E-state index in [1.54, 1.807) is 0 Å². The Hall–Kier alpha value is -2.16. The van der Waals surface area contributed by atoms with E-state index in [9.17, 15) is 4.79 Å². The fraction of sp³-hybridized carbons (Fsp3) is 0.296. The van der Waals surface area contributed by atoms with Gasteiger partial charge < -0.3 is 27.4 Å². The van der Waals surface area contributed by atoms with Gasteiger partial charge in [0.15, 0.2) is 0 Å². The van der Waals surface area contributed by atoms with Crippen LogP contribution in [0.15, 0.2) is 91.0 Å². The minimum absolute atomic E-state index is 0. The first-order valence-corrected chi connectivity index (χ1v) is 13.2. The summed E-state index contributed by atoms with van der Waals surface area (Å²) in [5.74, 6) is 0. The molecule has 0 aliphatic carbocycles. The van der Waals surface area contributed by atoms with Crippen molar-refractivity contribution in [3.8, 4) is 0 Å². The Kier molecular flexibility index (Phi) is 11.5. The maximum Gasteiger partial charge on any atom is 0.404 e. The lowest BCUT2D eigenvalue weighted by Crippen LogP contribution is -3.00. The first-order valence-electron chi connectivity index (χ1n) is 11.3. The highest BCUT2D eigenvalue weighted by atomic mass is 79.9. The van der Waals surface area contributed by atoms with Crippen LogP contribution in [0.2, 0.25) is 0 Å². The van der Waals surface area contributed by atoms with Gasteiger partial charge in [0.2, 0.25) is 0 Å². The molecule has 0 saturated carbocycles. The average Bonchev–Trinajstić information content (AvgIpc) is 2.82. The van der Waals surface area contributed by atoms with Crippen LogP contribution in [0, 0.1) is 0 Å². The van der Waals surface area contributed by atoms with Gasteiger partial charge in [0.25, 0.3) is 0 Å². The third kappa shape index (κ3) is 7.18. The molecule has 0 aromatic heterocycles. The van der Waals surface area contributed by atoms with Crippen LogP contribution in [0.3, 0.4) is 0 Å². The summed E-state index contributed by atoms with van der Waals surface area (Å²) in [6.45, 7) is 0.556. The Balaban J connectivity index is 0.00000363. The molecular weight excluding hydrogens is 481 g/mol. The number of nitrogens with one attached hydrogen (secondary N) is 1. The van der Waals surface area contributed by atoms with Crippen molar-refractivity contribution in [1.29, 1.82) is 0 Å². The van der Waals surface area contributed by atoms with Gasteiger partial charge in [-0.1, -0.05) is 73.9 Å². The molecule has 0 unspecified atom stereocenters. The van der Waals surface area contributed by atoms with Gasteiger partial charge in [0, 0.05) is 6.54 Å². The zero-order valence-corrected chi connectivity index (χ0v) is 21.0. The van der Waals surface area contributed by atoms with E-state index < -0.39 is 13.4 Å². The van der Waals surface area contributed by atoms with Gasteiger partial charge in [-0.2, -0.15) is 0 Å². The van der Waals surface area contributed by atoms with Gasteiger partial charge in [0.05, 0.1) is 6.16 Å². The van der Waals surface area contributed by atoms with Crippen molar-refractivity contribution in [3.63, 3.8) is 0 Å². The topological polar surface area (TPSA) is 49.3 Å². The lowest BCUT2D eigenvalue weighted by Gasteiger charge is -2.27. The van der Waals surface area contributed by atoms with Crippen molar-refractivity contribution < 1.29 is 26.9 Å². The summed E-state index contributed by atoms with van der Waals surface area (Å²) >= 11 is 0. The standard InChI is InChI=1S/C27H32NO2P.BrH/c29-27(30)28-22-14-3-1-2-4-15-23-31(24-16-8-5-9-17-24,25-18-10-6-11-19-25)26-20-12-7-13-21-26;/h5-13,16-21,28H,1-4,14-15,22-23H2;1H. The summed E-state index contributed by atoms with van der Waals surface area (Å²) in [5.41, 5.74) is 0. The van der Waals surface area contributed by atoms with E-state index >= 15 is 0 Å². The van der Waals surface area contributed by atoms with Gasteiger partial charge in [0.1, 0.15) is 23.2 Å². The number of carboxylic acid groups (broad SMARTS) is 1. The molecule has 170 valence electrons. The average molecular weight is 514 g/mol. The SMILES string of the molecule is O=C(O)NCCCCCCCC[P+](c1ccccc1)(c1ccccc1)c1ccccc1.[Br-]. The molecule has 1 amide bonds. The lowest BCUT2D eigenvalue weighted by molar-refractivity contribution is -0.0000124. The number of carbonyl (C=O) groups is 1. The van der Waals surface area contributed by atoms with Crippen molar-refractivity contribution >= 4 is 29.3 Å². The van der Waals surface area contributed by atoms with Crippen molar-refractivity contribution in [3.05, 3.63) is 91.0 Å². The highest BCUT2D eigenvalue weighted by molar-refractivity contribution is 7.95. The second-order valence-electron chi connectivity index (χ2n) is 7.89. The van der Waals surface area contributed by atoms with Crippen LogP contribution in [-0.4, -0.2) is 23.9 Å². The highest BCUT2D eigenvalue weighted by Crippen LogP contribution is 2.55. The summed E-state index contributed by atoms with van der Waals surface area (Å²) < 4.78 is 0. The molecule has 32 heavy (non-hydrogen) atoms. The Labute approximate surface area is 203 Å². The number of amides is 1. The fourth-order valence-corrected chi connectivity index (χ4v) is 8.67. The van der Waals surface area contributed by atoms with Crippen LogP contribution in [0.1, 0.15) is 38.5 Å². The molecule has 3 nitrogen and oxygen atoms in total. The number of halogens is 1. The molecule has 3 aromatic carbocycles. The summed E-state index contributed by atoms with van der Waals surface area (Å²) in [5, 5.41) is 15.4. The maximum atomic E-state index is 10.5. The molecule has 0 atom stereocenters. The Bertz CT molecular complexity index is 810. The van der Waals surface area contributed by atoms with E-state index in [4.69, 9.17) is 5.11 Å². The molecule has 3 aromatic rings. The Morgan fingerprint density at radius 2 is 1.00 bits per heavy atom. The molecule has 0 aliphatic heterocycles. The first-order chi connectivity index (χ1) is 15.2. The molecule has 0 fully saturated rings. The zero-order valence-electron chi connectivity index (χ0n) is 18.5. The van der Waals surface area contributed by atoms with Crippen LogP contribution >= 0.6 is 7.26 Å². The summed E-state index contributed by atoms with van der Waals surface area (Å²) in [4.78, 5) is 10.5. The number of hydrogen-bond donors (Lipinski definition) is 2. The Morgan fingerprint density at radius 1 is 0.625 bits per heavy atom. The maximum absolute atomic E-state index is 10.5. The molecule has 3 rings (SSSR count). The van der Waals surface area contributed by atoms with Gasteiger partial charge in [-0.05, 0) is 55.7 Å². The van der Waals surface area contributed by atoms with Crippen LogP contribution in [0.25, 0.3) is 0 Å². The summed E-state index contributed by atoms with van der Waals surface area (Å²) in [6.07, 6.45) is 7.01. The van der Waals surface area contributed by atoms with Crippen molar-refractivity contribution in [2.45, 2.75) is 38.5 Å². The van der Waals surface area contributed by atoms with Crippen molar-refractivity contribution in [2.24, 2.45) is 0 Å². The number of rotatable bonds is 12. The van der Waals surface area contributed by atoms with E-state index in [-0.39, 0.29) is 17.0 Å². The third-order valence-electron chi connectivity index (χ3n) is 5.79. The fourth-order valence-electron chi connectivity index (χ4n) is 4.26. The number of unbranched alkanes of at least 4 members (excludes halogenated alkanes) is 5. The molecule has 2 N–H and O–H groups in total. The molecule has 0 heterocycles. The largest absolute Gasteiger partial charge is 1.00 e. The minimum Gasteiger partial charge on any atom is -1.00 e. The lowest BCUT2D eigenvalue weighted by atomic mass is 10.1. The minimum atomic E-state index is -1.71. The monoisotopic (exact) mass is 513 g/mol. The Morgan fingerprint density at radius 3 is 1.41 bits per heavy atom. The molecule has 0 spiro atoms. The van der Waals surface area contributed by atoms with E-state index in [0.717, 1.165) is 19.3 Å². The third-order valence-corrected chi connectivity index (χ3v) is 10.3. The predicted octanol–water partition coefficient (Wildman–Crippen LogP) is 2.59. The predicted molar refractivity (Wildman–Crippen MR) is 134 cm³/mol. The normalized spacial score (nSPS) is 10.9. The number of hydrogen-bond acceptors (Lipinski definition) is 1. The van der Waals surface area contributed by atoms with Crippen LogP contribution in [0.5, 0.6) is 0 Å². The summed E-state index contributed by atoms with van der Waals surface area (Å²) in [6, 6.07) is 33.2. The van der Waals surface area contributed by atoms with E-state index in [2.05, 4.69) is 96.3 Å². The second kappa shape index (κ2) is 14.1. The van der Waals surface area contributed by atoms with Crippen LogP contribution < -0.4 is 38.2 Å². The van der Waals surface area contributed by atoms with E-state index in [1.165, 1.54) is 41.3 Å². The van der Waals surface area contributed by atoms with Gasteiger partial charge in [-0.25, -0.2) is 4.79 Å². The quantitative estimate of drug-likeness (QED) is 0.289. The molecule has 0 bridgehead atoms. The van der Waals surface area contributed by atoms with Gasteiger partial charge in [-0.3, -0.25) is 0 Å². The van der Waals surface area contributed by atoms with Gasteiger partial charge >= 0.3 is 6.09 Å². The summed E-state index contributed by atoms with van der Waals surface area (Å²) in [7, 11) is -1.71. The zero-order chi connectivity index (χ0) is 21.8. The van der Waals surface area contributed by atoms with Crippen molar-refractivity contribution in [2.75, 3.05) is 12.7 Å². The molecular formula is C27H33BrNO2P. The van der Waals surface area contributed by atoms with Gasteiger partial charge in [-0.15, -0.1) is 0 Å². The molecule has 0 radical (unpaired) electrons. The van der Waals surface area contributed by atoms with Crippen LogP contribution in [-0.2, 0) is 0 Å². The van der Waals surface area contributed by atoms with Crippen LogP contribution in [0.4, 0.5) is 4.79 Å². The molecule has 0 aliphatic rings. The van der Waals surface area contributed by atoms with Crippen molar-refractivity contribution in [1.82, 2.24) is 5.32 Å². The highest BCUT2D eigenvalue weighted by Gasteiger charge is 2.44. The number of benzene rings is 3. The molecule has 0 saturated heterocycles. The van der Waals surface area contributed by atoms with E-state index in [1.807, 2.05) is 0 Å². The smallest absolute Gasteiger partial charge is 0.404 e. The molecule has 5 heteroatoms. The van der Waals surface area contributed by atoms with E-state index in [0.29, 0.717) is 6.54 Å². The first kappa shape index (κ1) is 26.1.